The second-order valence-electron chi connectivity index (χ2n) is 9.66. The molecule has 0 atom stereocenters. The van der Waals surface area contributed by atoms with E-state index in [1.54, 1.807) is 10.8 Å². The highest BCUT2D eigenvalue weighted by Crippen LogP contribution is 2.45. The number of anilines is 3. The molecule has 1 saturated heterocycles. The van der Waals surface area contributed by atoms with Gasteiger partial charge < -0.3 is 20.4 Å². The van der Waals surface area contributed by atoms with Crippen molar-refractivity contribution in [1.82, 2.24) is 34.8 Å². The van der Waals surface area contributed by atoms with Crippen LogP contribution in [-0.2, 0) is 5.41 Å². The molecule has 1 spiro atoms. The first-order chi connectivity index (χ1) is 16.1. The van der Waals surface area contributed by atoms with Crippen LogP contribution in [0.4, 0.5) is 17.5 Å². The molecule has 172 valence electrons. The number of piperazine rings is 1. The van der Waals surface area contributed by atoms with Crippen LogP contribution in [0, 0.1) is 0 Å². The number of rotatable bonds is 3. The van der Waals surface area contributed by atoms with Crippen molar-refractivity contribution < 1.29 is 0 Å². The summed E-state index contributed by atoms with van der Waals surface area (Å²) < 4.78 is 1.80. The molecule has 3 aliphatic rings. The van der Waals surface area contributed by atoms with Gasteiger partial charge in [-0.05, 0) is 32.0 Å². The lowest BCUT2D eigenvalue weighted by molar-refractivity contribution is 0.286. The number of likely N-dealkylation sites (N-methyl/N-ethyl adjacent to an activating group) is 1. The van der Waals surface area contributed by atoms with E-state index in [0.717, 1.165) is 74.1 Å². The molecule has 0 amide bonds. The minimum absolute atomic E-state index is 0.0740. The topological polar surface area (TPSA) is 86.5 Å². The highest BCUT2D eigenvalue weighted by molar-refractivity contribution is 5.73. The Morgan fingerprint density at radius 3 is 2.64 bits per heavy atom. The number of pyridine rings is 1. The van der Waals surface area contributed by atoms with Gasteiger partial charge in [-0.1, -0.05) is 25.8 Å². The fourth-order valence-electron chi connectivity index (χ4n) is 5.54. The summed E-state index contributed by atoms with van der Waals surface area (Å²) in [6.45, 7) is 9.31. The Balaban J connectivity index is 1.29. The molecule has 2 aliphatic heterocycles. The molecule has 0 radical (unpaired) electrons. The Labute approximate surface area is 193 Å². The standard InChI is InChI=1S/C24H31N9/c1-17-21-20(24(15-26-17)8-4-3-5-9-24)22-29-23(27-16-33(22)30-21)28-19-7-6-18(14-25-19)32-12-10-31(2)11-13-32/h6-7,14,16,26H,1,3-5,8-13,15H2,2H3,(H,25,28,29). The third-order valence-electron chi connectivity index (χ3n) is 7.51. The number of nitrogens with one attached hydrogen (secondary N) is 2. The Morgan fingerprint density at radius 2 is 1.88 bits per heavy atom. The maximum absolute atomic E-state index is 4.90. The van der Waals surface area contributed by atoms with Gasteiger partial charge in [0, 0.05) is 43.7 Å². The van der Waals surface area contributed by atoms with Crippen LogP contribution < -0.4 is 15.5 Å². The highest BCUT2D eigenvalue weighted by Gasteiger charge is 2.42. The summed E-state index contributed by atoms with van der Waals surface area (Å²) in [5, 5.41) is 11.6. The minimum Gasteiger partial charge on any atom is -0.383 e. The molecule has 2 N–H and O–H groups in total. The predicted molar refractivity (Wildman–Crippen MR) is 130 cm³/mol. The molecule has 5 heterocycles. The molecule has 0 bridgehead atoms. The number of hydrogen-bond donors (Lipinski definition) is 2. The van der Waals surface area contributed by atoms with E-state index >= 15 is 0 Å². The molecule has 9 heteroatoms. The van der Waals surface area contributed by atoms with Crippen molar-refractivity contribution in [2.24, 2.45) is 0 Å². The first-order valence-corrected chi connectivity index (χ1v) is 12.0. The van der Waals surface area contributed by atoms with Crippen molar-refractivity contribution in [2.75, 3.05) is 50.0 Å². The Morgan fingerprint density at radius 1 is 1.06 bits per heavy atom. The average molecular weight is 446 g/mol. The van der Waals surface area contributed by atoms with Crippen LogP contribution in [0.3, 0.4) is 0 Å². The van der Waals surface area contributed by atoms with Gasteiger partial charge in [-0.15, -0.1) is 0 Å². The molecular weight excluding hydrogens is 414 g/mol. The van der Waals surface area contributed by atoms with E-state index in [4.69, 9.17) is 10.1 Å². The van der Waals surface area contributed by atoms with Crippen molar-refractivity contribution in [3.8, 4) is 0 Å². The summed E-state index contributed by atoms with van der Waals surface area (Å²) in [4.78, 5) is 18.8. The molecule has 1 saturated carbocycles. The van der Waals surface area contributed by atoms with Gasteiger partial charge in [-0.3, -0.25) is 0 Å². The van der Waals surface area contributed by atoms with Crippen LogP contribution >= 0.6 is 0 Å². The third kappa shape index (κ3) is 3.60. The first-order valence-electron chi connectivity index (χ1n) is 12.0. The lowest BCUT2D eigenvalue weighted by Gasteiger charge is -2.41. The van der Waals surface area contributed by atoms with E-state index in [1.807, 2.05) is 12.3 Å². The van der Waals surface area contributed by atoms with Gasteiger partial charge in [-0.25, -0.2) is 14.5 Å². The molecule has 9 nitrogen and oxygen atoms in total. The Hall–Kier alpha value is -3.20. The van der Waals surface area contributed by atoms with Gasteiger partial charge in [0.05, 0.1) is 17.6 Å². The van der Waals surface area contributed by atoms with Crippen molar-refractivity contribution in [1.29, 1.82) is 0 Å². The van der Waals surface area contributed by atoms with Crippen LogP contribution in [0.15, 0.2) is 31.2 Å². The summed E-state index contributed by atoms with van der Waals surface area (Å²) in [5.41, 5.74) is 5.15. The summed E-state index contributed by atoms with van der Waals surface area (Å²) in [7, 11) is 2.17. The maximum Gasteiger partial charge on any atom is 0.231 e. The van der Waals surface area contributed by atoms with E-state index in [9.17, 15) is 0 Å². The van der Waals surface area contributed by atoms with Crippen LogP contribution in [-0.4, -0.2) is 69.2 Å². The lowest BCUT2D eigenvalue weighted by Crippen LogP contribution is -2.44. The summed E-state index contributed by atoms with van der Waals surface area (Å²) >= 11 is 0. The minimum atomic E-state index is 0.0740. The zero-order chi connectivity index (χ0) is 22.4. The van der Waals surface area contributed by atoms with Crippen molar-refractivity contribution >= 4 is 28.8 Å². The zero-order valence-corrected chi connectivity index (χ0v) is 19.2. The molecular formula is C24H31N9. The van der Waals surface area contributed by atoms with Gasteiger partial charge in [0.25, 0.3) is 0 Å². The van der Waals surface area contributed by atoms with Crippen LogP contribution in [0.1, 0.15) is 43.4 Å². The number of hydrogen-bond acceptors (Lipinski definition) is 8. The first kappa shape index (κ1) is 20.4. The smallest absolute Gasteiger partial charge is 0.231 e. The molecule has 1 aliphatic carbocycles. The molecule has 3 aromatic heterocycles. The number of nitrogens with zero attached hydrogens (tertiary/aromatic N) is 7. The quantitative estimate of drug-likeness (QED) is 0.637. The van der Waals surface area contributed by atoms with Gasteiger partial charge in [0.2, 0.25) is 5.95 Å². The molecule has 33 heavy (non-hydrogen) atoms. The SMILES string of the molecule is C=C1NCC2(CCCCC2)c2c1nn1cnc(Nc3ccc(N4CCN(C)CC4)cn3)nc21. The van der Waals surface area contributed by atoms with Crippen molar-refractivity contribution in [3.63, 3.8) is 0 Å². The summed E-state index contributed by atoms with van der Waals surface area (Å²) in [6, 6.07) is 4.12. The normalized spacial score (nSPS) is 20.6. The fraction of sp³-hybridized carbons (Fsp3) is 0.500. The molecule has 0 aromatic carbocycles. The largest absolute Gasteiger partial charge is 0.383 e. The highest BCUT2D eigenvalue weighted by atomic mass is 15.3. The van der Waals surface area contributed by atoms with E-state index in [0.29, 0.717) is 5.95 Å². The number of fused-ring (bicyclic) bond motifs is 4. The lowest BCUT2D eigenvalue weighted by atomic mass is 9.67. The van der Waals surface area contributed by atoms with Crippen molar-refractivity contribution in [3.05, 3.63) is 42.5 Å². The molecule has 6 rings (SSSR count). The van der Waals surface area contributed by atoms with Gasteiger partial charge in [-0.2, -0.15) is 10.1 Å². The van der Waals surface area contributed by atoms with E-state index < -0.39 is 0 Å². The molecule has 2 fully saturated rings. The number of aromatic nitrogens is 5. The van der Waals surface area contributed by atoms with Gasteiger partial charge in [0.1, 0.15) is 17.8 Å². The Kier molecular flexibility index (Phi) is 4.94. The van der Waals surface area contributed by atoms with E-state index in [-0.39, 0.29) is 5.41 Å². The summed E-state index contributed by atoms with van der Waals surface area (Å²) in [6.07, 6.45) is 9.77. The van der Waals surface area contributed by atoms with Crippen LogP contribution in [0.25, 0.3) is 11.3 Å². The monoisotopic (exact) mass is 445 g/mol. The molecule has 3 aromatic rings. The maximum atomic E-state index is 4.90. The van der Waals surface area contributed by atoms with E-state index in [2.05, 4.69) is 50.1 Å². The van der Waals surface area contributed by atoms with Crippen LogP contribution in [0.5, 0.6) is 0 Å². The van der Waals surface area contributed by atoms with Gasteiger partial charge >= 0.3 is 0 Å². The second-order valence-corrected chi connectivity index (χ2v) is 9.66. The van der Waals surface area contributed by atoms with Crippen LogP contribution in [0.2, 0.25) is 0 Å². The second kappa shape index (κ2) is 7.98. The zero-order valence-electron chi connectivity index (χ0n) is 19.2. The Bertz CT molecular complexity index is 1170. The fourth-order valence-corrected chi connectivity index (χ4v) is 5.54. The summed E-state index contributed by atoms with van der Waals surface area (Å²) in [5.74, 6) is 1.28. The molecule has 0 unspecified atom stereocenters. The third-order valence-corrected chi connectivity index (χ3v) is 7.51. The average Bonchev–Trinajstić information content (AvgIpc) is 3.24. The van der Waals surface area contributed by atoms with Gasteiger partial charge in [0.15, 0.2) is 5.65 Å². The van der Waals surface area contributed by atoms with E-state index in [1.165, 1.54) is 24.8 Å². The van der Waals surface area contributed by atoms with Crippen molar-refractivity contribution in [2.45, 2.75) is 37.5 Å². The predicted octanol–water partition coefficient (Wildman–Crippen LogP) is 2.79.